The van der Waals surface area contributed by atoms with Gasteiger partial charge in [0.25, 0.3) is 0 Å². The fraction of sp³-hybridized carbons (Fsp3) is 0.0909. The third-order valence-corrected chi connectivity index (χ3v) is 2.23. The molecule has 1 aromatic carbocycles. The molecule has 0 unspecified atom stereocenters. The van der Waals surface area contributed by atoms with Crippen LogP contribution in [0.3, 0.4) is 0 Å². The molecule has 2 rings (SSSR count). The minimum absolute atomic E-state index is 0.277. The summed E-state index contributed by atoms with van der Waals surface area (Å²) in [5.41, 5.74) is 6.15. The summed E-state index contributed by atoms with van der Waals surface area (Å²) in [7, 11) is 0. The van der Waals surface area contributed by atoms with Crippen LogP contribution in [0.15, 0.2) is 36.7 Å². The molecule has 2 aromatic rings. The van der Waals surface area contributed by atoms with E-state index in [4.69, 9.17) is 10.8 Å². The van der Waals surface area contributed by atoms with Crippen molar-refractivity contribution < 1.29 is 14.6 Å². The Morgan fingerprint density at radius 3 is 3.12 bits per heavy atom. The maximum absolute atomic E-state index is 10.4. The molecule has 0 radical (unpaired) electrons. The number of nitrogens with zero attached hydrogens (tertiary/aromatic N) is 2. The lowest BCUT2D eigenvalue weighted by atomic mass is 10.2. The standard InChI is InChI=1S/C11H11N3O3/c12-4-1-5-14-10-3-2-9(17-11(15)16)6-8(10)7-13-14/h1-4,6-7H,5,12H2,(H,15,16). The molecule has 88 valence electrons. The van der Waals surface area contributed by atoms with Gasteiger partial charge < -0.3 is 15.6 Å². The van der Waals surface area contributed by atoms with Crippen LogP contribution in [0.4, 0.5) is 4.79 Å². The van der Waals surface area contributed by atoms with Crippen molar-refractivity contribution in [1.29, 1.82) is 0 Å². The maximum Gasteiger partial charge on any atom is 0.511 e. The minimum Gasteiger partial charge on any atom is -0.449 e. The predicted octanol–water partition coefficient (Wildman–Crippen LogP) is 1.57. The molecule has 0 aliphatic heterocycles. The van der Waals surface area contributed by atoms with Crippen molar-refractivity contribution >= 4 is 17.1 Å². The Morgan fingerprint density at radius 2 is 2.41 bits per heavy atom. The van der Waals surface area contributed by atoms with E-state index in [2.05, 4.69) is 9.84 Å². The normalized spacial score (nSPS) is 11.1. The molecular weight excluding hydrogens is 222 g/mol. The quantitative estimate of drug-likeness (QED) is 0.620. The first-order valence-corrected chi connectivity index (χ1v) is 4.94. The Kier molecular flexibility index (Phi) is 2.95. The smallest absolute Gasteiger partial charge is 0.449 e. The van der Waals surface area contributed by atoms with Crippen LogP contribution in [-0.4, -0.2) is 21.0 Å². The molecule has 1 aromatic heterocycles. The summed E-state index contributed by atoms with van der Waals surface area (Å²) in [5, 5.41) is 13.5. The molecule has 0 aliphatic rings. The highest BCUT2D eigenvalue weighted by Gasteiger charge is 2.05. The van der Waals surface area contributed by atoms with E-state index in [1.54, 1.807) is 35.2 Å². The van der Waals surface area contributed by atoms with Crippen molar-refractivity contribution in [3.05, 3.63) is 36.7 Å². The molecule has 0 aliphatic carbocycles. The third kappa shape index (κ3) is 2.36. The van der Waals surface area contributed by atoms with Crippen LogP contribution >= 0.6 is 0 Å². The van der Waals surface area contributed by atoms with E-state index in [0.717, 1.165) is 10.9 Å². The lowest BCUT2D eigenvalue weighted by molar-refractivity contribution is 0.144. The summed E-state index contributed by atoms with van der Waals surface area (Å²) in [5.74, 6) is 0.277. The van der Waals surface area contributed by atoms with Gasteiger partial charge in [0.2, 0.25) is 0 Å². The van der Waals surface area contributed by atoms with E-state index in [9.17, 15) is 4.79 Å². The highest BCUT2D eigenvalue weighted by Crippen LogP contribution is 2.20. The number of nitrogens with two attached hydrogens (primary N) is 1. The SMILES string of the molecule is NC=CCn1ncc2cc(OC(=O)O)ccc21. The Balaban J connectivity index is 2.34. The van der Waals surface area contributed by atoms with Gasteiger partial charge in [0.05, 0.1) is 18.3 Å². The predicted molar refractivity (Wildman–Crippen MR) is 61.7 cm³/mol. The molecule has 6 heteroatoms. The van der Waals surface area contributed by atoms with Gasteiger partial charge in [-0.1, -0.05) is 0 Å². The molecule has 17 heavy (non-hydrogen) atoms. The number of ether oxygens (including phenoxy) is 1. The summed E-state index contributed by atoms with van der Waals surface area (Å²) in [6, 6.07) is 4.96. The largest absolute Gasteiger partial charge is 0.511 e. The number of benzene rings is 1. The average molecular weight is 233 g/mol. The molecule has 6 nitrogen and oxygen atoms in total. The highest BCUT2D eigenvalue weighted by atomic mass is 16.7. The Hall–Kier alpha value is -2.50. The summed E-state index contributed by atoms with van der Waals surface area (Å²) in [4.78, 5) is 10.4. The summed E-state index contributed by atoms with van der Waals surface area (Å²) >= 11 is 0. The molecule has 3 N–H and O–H groups in total. The number of hydrogen-bond acceptors (Lipinski definition) is 4. The van der Waals surface area contributed by atoms with Gasteiger partial charge in [-0.3, -0.25) is 4.68 Å². The van der Waals surface area contributed by atoms with Gasteiger partial charge >= 0.3 is 6.16 Å². The van der Waals surface area contributed by atoms with E-state index < -0.39 is 6.16 Å². The maximum atomic E-state index is 10.4. The monoisotopic (exact) mass is 233 g/mol. The van der Waals surface area contributed by atoms with Crippen LogP contribution in [0.1, 0.15) is 0 Å². The Morgan fingerprint density at radius 1 is 1.59 bits per heavy atom. The van der Waals surface area contributed by atoms with Crippen molar-refractivity contribution in [2.75, 3.05) is 0 Å². The molecular formula is C11H11N3O3. The number of hydrogen-bond donors (Lipinski definition) is 2. The third-order valence-electron chi connectivity index (χ3n) is 2.23. The first-order chi connectivity index (χ1) is 8.20. The van der Waals surface area contributed by atoms with Crippen LogP contribution in [0.5, 0.6) is 5.75 Å². The molecule has 0 bridgehead atoms. The Bertz CT molecular complexity index is 574. The summed E-state index contributed by atoms with van der Waals surface area (Å²) < 4.78 is 6.31. The van der Waals surface area contributed by atoms with E-state index in [-0.39, 0.29) is 5.75 Å². The zero-order valence-corrected chi connectivity index (χ0v) is 8.91. The fourth-order valence-corrected chi connectivity index (χ4v) is 1.54. The number of aromatic nitrogens is 2. The van der Waals surface area contributed by atoms with E-state index in [0.29, 0.717) is 6.54 Å². The van der Waals surface area contributed by atoms with Crippen LogP contribution in [0.2, 0.25) is 0 Å². The molecule has 0 fully saturated rings. The van der Waals surface area contributed by atoms with Crippen LogP contribution < -0.4 is 10.5 Å². The van der Waals surface area contributed by atoms with Gasteiger partial charge in [-0.2, -0.15) is 5.10 Å². The van der Waals surface area contributed by atoms with Crippen molar-refractivity contribution in [1.82, 2.24) is 9.78 Å². The van der Waals surface area contributed by atoms with E-state index in [1.165, 1.54) is 6.20 Å². The average Bonchev–Trinajstić information content (AvgIpc) is 2.68. The summed E-state index contributed by atoms with van der Waals surface area (Å²) in [6.45, 7) is 0.569. The number of rotatable bonds is 3. The molecule has 0 saturated carbocycles. The van der Waals surface area contributed by atoms with Crippen LogP contribution in [0, 0.1) is 0 Å². The van der Waals surface area contributed by atoms with Crippen molar-refractivity contribution in [2.45, 2.75) is 6.54 Å². The first kappa shape index (κ1) is 11.0. The second-order valence-corrected chi connectivity index (χ2v) is 3.34. The fourth-order valence-electron chi connectivity index (χ4n) is 1.54. The van der Waals surface area contributed by atoms with Gasteiger partial charge in [0.1, 0.15) is 5.75 Å². The minimum atomic E-state index is -1.33. The topological polar surface area (TPSA) is 90.4 Å². The van der Waals surface area contributed by atoms with Crippen LogP contribution in [0.25, 0.3) is 10.9 Å². The van der Waals surface area contributed by atoms with Gasteiger partial charge in [0, 0.05) is 5.39 Å². The number of carboxylic acid groups (broad SMARTS) is 1. The molecule has 0 atom stereocenters. The second-order valence-electron chi connectivity index (χ2n) is 3.34. The molecule has 0 saturated heterocycles. The molecule has 0 amide bonds. The van der Waals surface area contributed by atoms with Gasteiger partial charge in [-0.05, 0) is 30.5 Å². The van der Waals surface area contributed by atoms with Gasteiger partial charge in [-0.25, -0.2) is 4.79 Å². The number of allylic oxidation sites excluding steroid dienone is 1. The van der Waals surface area contributed by atoms with Gasteiger partial charge in [0.15, 0.2) is 0 Å². The molecule has 0 spiro atoms. The van der Waals surface area contributed by atoms with Crippen molar-refractivity contribution in [3.63, 3.8) is 0 Å². The number of fused-ring (bicyclic) bond motifs is 1. The lowest BCUT2D eigenvalue weighted by Crippen LogP contribution is -2.02. The van der Waals surface area contributed by atoms with E-state index >= 15 is 0 Å². The second kappa shape index (κ2) is 4.56. The lowest BCUT2D eigenvalue weighted by Gasteiger charge is -2.01. The van der Waals surface area contributed by atoms with E-state index in [1.807, 2.05) is 0 Å². The zero-order valence-electron chi connectivity index (χ0n) is 8.91. The highest BCUT2D eigenvalue weighted by molar-refractivity contribution is 5.81. The molecule has 1 heterocycles. The number of carbonyl (C=O) groups is 1. The van der Waals surface area contributed by atoms with Crippen molar-refractivity contribution in [3.8, 4) is 5.75 Å². The Labute approximate surface area is 96.9 Å². The van der Waals surface area contributed by atoms with Gasteiger partial charge in [-0.15, -0.1) is 0 Å². The zero-order chi connectivity index (χ0) is 12.3. The first-order valence-electron chi connectivity index (χ1n) is 4.94. The van der Waals surface area contributed by atoms with Crippen molar-refractivity contribution in [2.24, 2.45) is 5.73 Å². The van der Waals surface area contributed by atoms with Crippen LogP contribution in [-0.2, 0) is 6.54 Å². The summed E-state index contributed by atoms with van der Waals surface area (Å²) in [6.07, 6.45) is 3.54.